The number of para-hydroxylation sites is 1. The molecule has 0 fully saturated rings. The standard InChI is InChI=1S/C16H17N7OS/c17-11-14(12-7-3-1-4-8-12)15(24)22(19)23(20)16(25)21(18)13-9-5-2-6-10-13/h1-10,14H,18-20H2. The Kier molecular flexibility index (Phi) is 5.99. The van der Waals surface area contributed by atoms with E-state index in [0.717, 1.165) is 10.1 Å². The van der Waals surface area contributed by atoms with E-state index >= 15 is 0 Å². The van der Waals surface area contributed by atoms with Crippen LogP contribution >= 0.6 is 12.2 Å². The van der Waals surface area contributed by atoms with Crippen molar-refractivity contribution >= 4 is 28.9 Å². The molecule has 6 N–H and O–H groups in total. The van der Waals surface area contributed by atoms with E-state index in [1.165, 1.54) is 0 Å². The van der Waals surface area contributed by atoms with Crippen molar-refractivity contribution in [3.63, 3.8) is 0 Å². The lowest BCUT2D eigenvalue weighted by Gasteiger charge is -2.32. The third kappa shape index (κ3) is 4.09. The molecule has 1 atom stereocenters. The first kappa shape index (κ1) is 18.3. The number of amides is 1. The molecule has 128 valence electrons. The first-order valence-electron chi connectivity index (χ1n) is 7.19. The highest BCUT2D eigenvalue weighted by Gasteiger charge is 2.29. The Morgan fingerprint density at radius 3 is 2.00 bits per heavy atom. The summed E-state index contributed by atoms with van der Waals surface area (Å²) in [6.07, 6.45) is 0. The number of carbonyl (C=O) groups excluding carboxylic acids is 1. The maximum Gasteiger partial charge on any atom is 0.278 e. The molecule has 9 heteroatoms. The second-order valence-corrected chi connectivity index (χ2v) is 5.35. The van der Waals surface area contributed by atoms with Crippen LogP contribution in [-0.4, -0.2) is 21.3 Å². The minimum atomic E-state index is -1.12. The van der Waals surface area contributed by atoms with Gasteiger partial charge in [0.1, 0.15) is 0 Å². The Morgan fingerprint density at radius 1 is 0.960 bits per heavy atom. The Hall–Kier alpha value is -3.03. The van der Waals surface area contributed by atoms with Crippen molar-refractivity contribution in [3.05, 3.63) is 66.2 Å². The van der Waals surface area contributed by atoms with Crippen LogP contribution in [0.1, 0.15) is 11.5 Å². The molecule has 2 aromatic carbocycles. The molecule has 2 aromatic rings. The van der Waals surface area contributed by atoms with Crippen molar-refractivity contribution in [1.29, 1.82) is 5.26 Å². The molecule has 0 aliphatic rings. The van der Waals surface area contributed by atoms with Crippen molar-refractivity contribution < 1.29 is 4.79 Å². The van der Waals surface area contributed by atoms with E-state index in [9.17, 15) is 10.1 Å². The van der Waals surface area contributed by atoms with Crippen molar-refractivity contribution in [2.24, 2.45) is 17.5 Å². The van der Waals surface area contributed by atoms with Crippen molar-refractivity contribution in [3.8, 4) is 6.07 Å². The third-order valence-corrected chi connectivity index (χ3v) is 3.79. The molecular formula is C16H17N7OS. The Balaban J connectivity index is 2.15. The highest BCUT2D eigenvalue weighted by atomic mass is 32.1. The summed E-state index contributed by atoms with van der Waals surface area (Å²) in [5.41, 5.74) is 1.06. The summed E-state index contributed by atoms with van der Waals surface area (Å²) in [4.78, 5) is 12.5. The number of anilines is 1. The van der Waals surface area contributed by atoms with E-state index in [1.807, 2.05) is 12.1 Å². The fraction of sp³-hybridized carbons (Fsp3) is 0.0625. The summed E-state index contributed by atoms with van der Waals surface area (Å²) in [6, 6.07) is 19.2. The van der Waals surface area contributed by atoms with E-state index in [4.69, 9.17) is 29.7 Å². The molecule has 25 heavy (non-hydrogen) atoms. The van der Waals surface area contributed by atoms with Gasteiger partial charge in [0.15, 0.2) is 5.92 Å². The van der Waals surface area contributed by atoms with Crippen molar-refractivity contribution in [1.82, 2.24) is 10.2 Å². The number of nitriles is 1. The fourth-order valence-corrected chi connectivity index (χ4v) is 2.25. The zero-order valence-electron chi connectivity index (χ0n) is 13.2. The minimum Gasteiger partial charge on any atom is -0.270 e. The number of hydrogen-bond acceptors (Lipinski definition) is 6. The largest absolute Gasteiger partial charge is 0.278 e. The SMILES string of the molecule is N#CC(C(=O)N(N)N(N)C(=S)N(N)c1ccccc1)c1ccccc1. The molecule has 0 saturated carbocycles. The van der Waals surface area contributed by atoms with Crippen LogP contribution in [0.5, 0.6) is 0 Å². The molecule has 1 unspecified atom stereocenters. The van der Waals surface area contributed by atoms with Gasteiger partial charge in [-0.3, -0.25) is 9.80 Å². The second kappa shape index (κ2) is 8.18. The number of benzene rings is 2. The van der Waals surface area contributed by atoms with Crippen LogP contribution in [0.25, 0.3) is 0 Å². The van der Waals surface area contributed by atoms with E-state index < -0.39 is 11.8 Å². The number of thiocarbonyl (C=S) groups is 1. The average Bonchev–Trinajstić information content (AvgIpc) is 2.67. The van der Waals surface area contributed by atoms with E-state index in [2.05, 4.69) is 0 Å². The molecule has 0 saturated heterocycles. The molecule has 0 heterocycles. The summed E-state index contributed by atoms with van der Waals surface area (Å²) in [5, 5.41) is 11.6. The highest BCUT2D eigenvalue weighted by molar-refractivity contribution is 7.80. The molecule has 2 rings (SSSR count). The maximum absolute atomic E-state index is 12.5. The van der Waals surface area contributed by atoms with Gasteiger partial charge >= 0.3 is 0 Å². The quantitative estimate of drug-likeness (QED) is 0.318. The van der Waals surface area contributed by atoms with E-state index in [1.54, 1.807) is 54.6 Å². The van der Waals surface area contributed by atoms with Crippen LogP contribution in [0.15, 0.2) is 60.7 Å². The first-order valence-corrected chi connectivity index (χ1v) is 7.60. The van der Waals surface area contributed by atoms with Gasteiger partial charge in [-0.1, -0.05) is 48.5 Å². The zero-order valence-corrected chi connectivity index (χ0v) is 14.0. The van der Waals surface area contributed by atoms with Gasteiger partial charge in [-0.15, -0.1) is 0 Å². The lowest BCUT2D eigenvalue weighted by molar-refractivity contribution is -0.143. The number of hydrogen-bond donors (Lipinski definition) is 3. The predicted octanol–water partition coefficient (Wildman–Crippen LogP) is 0.752. The summed E-state index contributed by atoms with van der Waals surface area (Å²) < 4.78 is 0. The number of rotatable bonds is 3. The van der Waals surface area contributed by atoms with Crippen LogP contribution in [0.4, 0.5) is 5.69 Å². The summed E-state index contributed by atoms with van der Waals surface area (Å²) in [7, 11) is 0. The lowest BCUT2D eigenvalue weighted by Crippen LogP contribution is -2.62. The third-order valence-electron chi connectivity index (χ3n) is 3.40. The number of carbonyl (C=O) groups is 1. The summed E-state index contributed by atoms with van der Waals surface area (Å²) in [5.74, 6) is 15.6. The molecule has 0 bridgehead atoms. The normalized spacial score (nSPS) is 11.1. The minimum absolute atomic E-state index is 0.119. The van der Waals surface area contributed by atoms with Crippen molar-refractivity contribution in [2.75, 3.05) is 5.01 Å². The van der Waals surface area contributed by atoms with Gasteiger partial charge in [-0.05, 0) is 29.9 Å². The Labute approximate surface area is 150 Å². The van der Waals surface area contributed by atoms with Gasteiger partial charge < -0.3 is 0 Å². The lowest BCUT2D eigenvalue weighted by atomic mass is 10.0. The molecule has 8 nitrogen and oxygen atoms in total. The second-order valence-electron chi connectivity index (χ2n) is 4.99. The smallest absolute Gasteiger partial charge is 0.270 e. The topological polar surface area (TPSA) is 129 Å². The summed E-state index contributed by atoms with van der Waals surface area (Å²) in [6.45, 7) is 0. The Morgan fingerprint density at radius 2 is 1.48 bits per heavy atom. The fourth-order valence-electron chi connectivity index (χ4n) is 2.06. The van der Waals surface area contributed by atoms with Crippen LogP contribution in [0.3, 0.4) is 0 Å². The van der Waals surface area contributed by atoms with Gasteiger partial charge in [-0.25, -0.2) is 17.5 Å². The van der Waals surface area contributed by atoms with E-state index in [-0.39, 0.29) is 5.11 Å². The van der Waals surface area contributed by atoms with Crippen LogP contribution in [0.2, 0.25) is 0 Å². The molecular weight excluding hydrogens is 338 g/mol. The maximum atomic E-state index is 12.5. The molecule has 0 aliphatic heterocycles. The number of hydrazine groups is 4. The molecule has 0 aromatic heterocycles. The monoisotopic (exact) mass is 355 g/mol. The van der Waals surface area contributed by atoms with Crippen LogP contribution in [-0.2, 0) is 4.79 Å². The van der Waals surface area contributed by atoms with Gasteiger partial charge in [0.05, 0.1) is 11.8 Å². The van der Waals surface area contributed by atoms with Gasteiger partial charge in [0.25, 0.3) is 5.91 Å². The Bertz CT molecular complexity index is 778. The van der Waals surface area contributed by atoms with Crippen LogP contribution in [0, 0.1) is 11.3 Å². The number of nitrogens with zero attached hydrogens (tertiary/aromatic N) is 4. The van der Waals surface area contributed by atoms with Gasteiger partial charge in [-0.2, -0.15) is 15.5 Å². The predicted molar refractivity (Wildman–Crippen MR) is 97.6 cm³/mol. The van der Waals surface area contributed by atoms with Crippen LogP contribution < -0.4 is 22.5 Å². The summed E-state index contributed by atoms with van der Waals surface area (Å²) >= 11 is 5.16. The average molecular weight is 355 g/mol. The molecule has 0 aliphatic carbocycles. The first-order chi connectivity index (χ1) is 12.0. The van der Waals surface area contributed by atoms with E-state index in [0.29, 0.717) is 16.4 Å². The molecule has 0 radical (unpaired) electrons. The zero-order chi connectivity index (χ0) is 18.4. The number of nitrogens with two attached hydrogens (primary N) is 3. The van der Waals surface area contributed by atoms with Gasteiger partial charge in [0, 0.05) is 0 Å². The van der Waals surface area contributed by atoms with Gasteiger partial charge in [0.2, 0.25) is 5.11 Å². The molecule has 0 spiro atoms. The highest BCUT2D eigenvalue weighted by Crippen LogP contribution is 2.17. The molecule has 1 amide bonds. The van der Waals surface area contributed by atoms with Crippen molar-refractivity contribution in [2.45, 2.75) is 5.92 Å².